The first-order valence-electron chi connectivity index (χ1n) is 11.2. The first kappa shape index (κ1) is 25.9. The highest BCUT2D eigenvalue weighted by molar-refractivity contribution is 14.0. The normalized spacial score (nSPS) is 21.6. The van der Waals surface area contributed by atoms with Gasteiger partial charge in [0.2, 0.25) is 0 Å². The number of likely N-dealkylation sites (N-methyl/N-ethyl adjacent to an activating group) is 1. The highest BCUT2D eigenvalue weighted by atomic mass is 127. The molecule has 1 unspecified atom stereocenters. The van der Waals surface area contributed by atoms with Crippen LogP contribution in [0.3, 0.4) is 0 Å². The van der Waals surface area contributed by atoms with E-state index < -0.39 is 0 Å². The summed E-state index contributed by atoms with van der Waals surface area (Å²) in [5.41, 5.74) is 0. The van der Waals surface area contributed by atoms with Crippen LogP contribution in [0.1, 0.15) is 52.4 Å². The minimum atomic E-state index is 0. The zero-order valence-corrected chi connectivity index (χ0v) is 20.7. The zero-order chi connectivity index (χ0) is 19.3. The van der Waals surface area contributed by atoms with Gasteiger partial charge in [-0.05, 0) is 25.3 Å². The molecular weight excluding hydrogens is 465 g/mol. The number of aliphatic imine (C=N–C) groups is 1. The summed E-state index contributed by atoms with van der Waals surface area (Å²) in [5, 5.41) is 6.86. The summed E-state index contributed by atoms with van der Waals surface area (Å²) in [5.74, 6) is 1.50. The number of hydrogen-bond donors (Lipinski definition) is 2. The van der Waals surface area contributed by atoms with Crippen LogP contribution in [0.2, 0.25) is 0 Å². The topological polar surface area (TPSA) is 52.1 Å². The van der Waals surface area contributed by atoms with Gasteiger partial charge < -0.3 is 25.2 Å². The molecule has 166 valence electrons. The fraction of sp³-hybridized carbons (Fsp3) is 0.952. The SMILES string of the molecule is CCN1CCN(CC(C)CNC(=NC)NCCOC2CCCCCC2)CC1.I. The summed E-state index contributed by atoms with van der Waals surface area (Å²) in [6, 6.07) is 0. The van der Waals surface area contributed by atoms with Crippen molar-refractivity contribution >= 4 is 29.9 Å². The van der Waals surface area contributed by atoms with Gasteiger partial charge in [-0.15, -0.1) is 24.0 Å². The predicted molar refractivity (Wildman–Crippen MR) is 130 cm³/mol. The molecule has 1 aliphatic carbocycles. The highest BCUT2D eigenvalue weighted by Gasteiger charge is 2.17. The van der Waals surface area contributed by atoms with Crippen LogP contribution in [0, 0.1) is 5.92 Å². The third-order valence-electron chi connectivity index (χ3n) is 5.87. The number of nitrogens with one attached hydrogen (secondary N) is 2. The van der Waals surface area contributed by atoms with E-state index in [-0.39, 0.29) is 24.0 Å². The van der Waals surface area contributed by atoms with Crippen molar-refractivity contribution in [3.8, 4) is 0 Å². The van der Waals surface area contributed by atoms with E-state index in [2.05, 4.69) is 39.3 Å². The molecule has 0 radical (unpaired) electrons. The predicted octanol–water partition coefficient (Wildman–Crippen LogP) is 2.78. The molecule has 2 N–H and O–H groups in total. The average molecular weight is 510 g/mol. The molecule has 1 atom stereocenters. The van der Waals surface area contributed by atoms with Crippen LogP contribution < -0.4 is 10.6 Å². The lowest BCUT2D eigenvalue weighted by atomic mass is 10.1. The van der Waals surface area contributed by atoms with Crippen molar-refractivity contribution in [2.24, 2.45) is 10.9 Å². The quantitative estimate of drug-likeness (QED) is 0.165. The van der Waals surface area contributed by atoms with Crippen molar-refractivity contribution in [2.45, 2.75) is 58.5 Å². The third kappa shape index (κ3) is 10.6. The fourth-order valence-electron chi connectivity index (χ4n) is 4.09. The first-order valence-corrected chi connectivity index (χ1v) is 11.2. The Morgan fingerprint density at radius 3 is 2.29 bits per heavy atom. The lowest BCUT2D eigenvalue weighted by Crippen LogP contribution is -2.48. The van der Waals surface area contributed by atoms with Gasteiger partial charge in [-0.25, -0.2) is 0 Å². The van der Waals surface area contributed by atoms with E-state index in [1.165, 1.54) is 71.2 Å². The molecule has 1 saturated heterocycles. The van der Waals surface area contributed by atoms with E-state index in [4.69, 9.17) is 4.74 Å². The van der Waals surface area contributed by atoms with Crippen LogP contribution in [-0.2, 0) is 4.74 Å². The standard InChI is InChI=1S/C21H43N5O.HI/c1-4-25-12-14-26(15-13-25)18-19(2)17-24-21(22-3)23-11-16-27-20-9-7-5-6-8-10-20;/h19-20H,4-18H2,1-3H3,(H2,22,23,24);1H. The van der Waals surface area contributed by atoms with Crippen LogP contribution in [0.5, 0.6) is 0 Å². The number of rotatable bonds is 9. The van der Waals surface area contributed by atoms with Crippen molar-refractivity contribution in [1.29, 1.82) is 0 Å². The van der Waals surface area contributed by atoms with Crippen molar-refractivity contribution in [1.82, 2.24) is 20.4 Å². The molecule has 0 aromatic rings. The maximum Gasteiger partial charge on any atom is 0.191 e. The molecule has 2 aliphatic rings. The molecule has 7 heteroatoms. The van der Waals surface area contributed by atoms with Crippen LogP contribution >= 0.6 is 24.0 Å². The summed E-state index contributed by atoms with van der Waals surface area (Å²) in [4.78, 5) is 9.47. The minimum Gasteiger partial charge on any atom is -0.376 e. The molecule has 2 fully saturated rings. The van der Waals surface area contributed by atoms with E-state index in [0.29, 0.717) is 12.0 Å². The second-order valence-electron chi connectivity index (χ2n) is 8.20. The van der Waals surface area contributed by atoms with E-state index in [9.17, 15) is 0 Å². The maximum absolute atomic E-state index is 6.05. The largest absolute Gasteiger partial charge is 0.376 e. The Kier molecular flexibility index (Phi) is 14.5. The number of halogens is 1. The Morgan fingerprint density at radius 2 is 1.68 bits per heavy atom. The third-order valence-corrected chi connectivity index (χ3v) is 5.87. The monoisotopic (exact) mass is 509 g/mol. The smallest absolute Gasteiger partial charge is 0.191 e. The summed E-state index contributed by atoms with van der Waals surface area (Å²) in [6.07, 6.45) is 8.34. The minimum absolute atomic E-state index is 0. The van der Waals surface area contributed by atoms with Crippen LogP contribution in [-0.4, -0.2) is 87.9 Å². The van der Waals surface area contributed by atoms with Crippen LogP contribution in [0.4, 0.5) is 0 Å². The van der Waals surface area contributed by atoms with Gasteiger partial charge in [0.05, 0.1) is 12.7 Å². The molecule has 0 spiro atoms. The van der Waals surface area contributed by atoms with Gasteiger partial charge in [-0.1, -0.05) is 39.5 Å². The molecule has 28 heavy (non-hydrogen) atoms. The Balaban J connectivity index is 0.00000392. The number of guanidine groups is 1. The fourth-order valence-corrected chi connectivity index (χ4v) is 4.09. The maximum atomic E-state index is 6.05. The summed E-state index contributed by atoms with van der Waals surface area (Å²) in [6.45, 7) is 14.3. The number of nitrogens with zero attached hydrogens (tertiary/aromatic N) is 3. The van der Waals surface area contributed by atoms with Crippen molar-refractivity contribution in [3.05, 3.63) is 0 Å². The molecular formula is C21H44IN5O. The molecule has 0 amide bonds. The number of hydrogen-bond acceptors (Lipinski definition) is 4. The highest BCUT2D eigenvalue weighted by Crippen LogP contribution is 2.19. The lowest BCUT2D eigenvalue weighted by molar-refractivity contribution is 0.0468. The first-order chi connectivity index (χ1) is 13.2. The van der Waals surface area contributed by atoms with E-state index in [1.807, 2.05) is 7.05 Å². The van der Waals surface area contributed by atoms with Gasteiger partial charge in [0.15, 0.2) is 5.96 Å². The molecule has 1 heterocycles. The van der Waals surface area contributed by atoms with Crippen LogP contribution in [0.15, 0.2) is 4.99 Å². The van der Waals surface area contributed by atoms with Crippen molar-refractivity contribution in [2.75, 3.05) is 66.0 Å². The Morgan fingerprint density at radius 1 is 1.04 bits per heavy atom. The Labute approximate surface area is 190 Å². The Hall–Kier alpha value is -0.120. The van der Waals surface area contributed by atoms with E-state index >= 15 is 0 Å². The van der Waals surface area contributed by atoms with Crippen molar-refractivity contribution < 1.29 is 4.74 Å². The zero-order valence-electron chi connectivity index (χ0n) is 18.4. The van der Waals surface area contributed by atoms with Gasteiger partial charge in [0.1, 0.15) is 0 Å². The second-order valence-corrected chi connectivity index (χ2v) is 8.20. The Bertz CT molecular complexity index is 408. The molecule has 1 aliphatic heterocycles. The molecule has 0 bridgehead atoms. The van der Waals surface area contributed by atoms with Gasteiger partial charge in [-0.2, -0.15) is 0 Å². The van der Waals surface area contributed by atoms with Gasteiger partial charge in [0.25, 0.3) is 0 Å². The molecule has 6 nitrogen and oxygen atoms in total. The van der Waals surface area contributed by atoms with Gasteiger partial charge in [-0.3, -0.25) is 4.99 Å². The van der Waals surface area contributed by atoms with Crippen LogP contribution in [0.25, 0.3) is 0 Å². The van der Waals surface area contributed by atoms with E-state index in [0.717, 1.165) is 32.2 Å². The molecule has 0 aromatic carbocycles. The second kappa shape index (κ2) is 15.7. The van der Waals surface area contributed by atoms with Crippen molar-refractivity contribution in [3.63, 3.8) is 0 Å². The molecule has 1 saturated carbocycles. The number of piperazine rings is 1. The lowest BCUT2D eigenvalue weighted by Gasteiger charge is -2.35. The molecule has 2 rings (SSSR count). The van der Waals surface area contributed by atoms with Gasteiger partial charge >= 0.3 is 0 Å². The average Bonchev–Trinajstić information content (AvgIpc) is 2.97. The summed E-state index contributed by atoms with van der Waals surface area (Å²) < 4.78 is 6.05. The number of ether oxygens (including phenoxy) is 1. The summed E-state index contributed by atoms with van der Waals surface area (Å²) in [7, 11) is 1.84. The van der Waals surface area contributed by atoms with Gasteiger partial charge in [0, 0.05) is 52.9 Å². The van der Waals surface area contributed by atoms with E-state index in [1.54, 1.807) is 0 Å². The molecule has 0 aromatic heterocycles. The summed E-state index contributed by atoms with van der Waals surface area (Å²) >= 11 is 0.